The molecule has 0 aliphatic heterocycles. The van der Waals surface area contributed by atoms with Crippen molar-refractivity contribution in [1.29, 1.82) is 0 Å². The number of halogens is 2. The van der Waals surface area contributed by atoms with Gasteiger partial charge in [-0.2, -0.15) is 0 Å². The Labute approximate surface area is 137 Å². The van der Waals surface area contributed by atoms with Gasteiger partial charge >= 0.3 is 0 Å². The Bertz CT molecular complexity index is 751. The van der Waals surface area contributed by atoms with E-state index in [1.807, 2.05) is 6.07 Å². The van der Waals surface area contributed by atoms with Gasteiger partial charge in [0.1, 0.15) is 10.0 Å². The zero-order valence-corrected chi connectivity index (χ0v) is 14.1. The summed E-state index contributed by atoms with van der Waals surface area (Å²) >= 11 is 8.99. The molecule has 0 saturated heterocycles. The minimum atomic E-state index is -3.74. The van der Waals surface area contributed by atoms with Crippen molar-refractivity contribution in [3.8, 4) is 0 Å². The normalized spacial score (nSPS) is 11.1. The summed E-state index contributed by atoms with van der Waals surface area (Å²) in [5.41, 5.74) is 0.559. The average molecular weight is 388 g/mol. The topological polar surface area (TPSA) is 50.3 Å². The monoisotopic (exact) mass is 386 g/mol. The lowest BCUT2D eigenvalue weighted by molar-refractivity contribution is 0.592. The Kier molecular flexibility index (Phi) is 5.03. The van der Waals surface area contributed by atoms with Crippen LogP contribution in [0.1, 0.15) is 0 Å². The van der Waals surface area contributed by atoms with E-state index in [-0.39, 0.29) is 16.6 Å². The van der Waals surface area contributed by atoms with E-state index in [2.05, 4.69) is 27.5 Å². The van der Waals surface area contributed by atoms with Gasteiger partial charge in [0.2, 0.25) is 0 Å². The van der Waals surface area contributed by atoms with Crippen molar-refractivity contribution in [1.82, 2.24) is 4.98 Å². The number of para-hydroxylation sites is 1. The smallest absolute Gasteiger partial charge is 0.262 e. The Morgan fingerprint density at radius 3 is 2.57 bits per heavy atom. The first-order chi connectivity index (χ1) is 9.96. The van der Waals surface area contributed by atoms with Crippen LogP contribution in [0.25, 0.3) is 0 Å². The largest absolute Gasteiger partial charge is 0.266 e. The maximum absolute atomic E-state index is 12.8. The number of sulfonamides is 1. The van der Waals surface area contributed by atoms with Crippen LogP contribution < -0.4 is 4.31 Å². The number of aromatic nitrogens is 1. The average Bonchev–Trinajstić information content (AvgIpc) is 2.48. The fourth-order valence-electron chi connectivity index (χ4n) is 1.73. The maximum atomic E-state index is 12.8. The first-order valence-corrected chi connectivity index (χ1v) is 8.57. The predicted molar refractivity (Wildman–Crippen MR) is 88.1 cm³/mol. The van der Waals surface area contributed by atoms with Gasteiger partial charge in [0.15, 0.2) is 0 Å². The number of rotatable bonds is 5. The van der Waals surface area contributed by atoms with Gasteiger partial charge in [-0.15, -0.1) is 6.58 Å². The van der Waals surface area contributed by atoms with Crippen molar-refractivity contribution < 1.29 is 8.42 Å². The quantitative estimate of drug-likeness (QED) is 0.578. The van der Waals surface area contributed by atoms with Gasteiger partial charge in [0, 0.05) is 6.20 Å². The van der Waals surface area contributed by atoms with Gasteiger partial charge in [-0.25, -0.2) is 13.4 Å². The van der Waals surface area contributed by atoms with E-state index < -0.39 is 10.0 Å². The number of pyridine rings is 1. The van der Waals surface area contributed by atoms with Crippen LogP contribution in [0.5, 0.6) is 0 Å². The lowest BCUT2D eigenvalue weighted by atomic mass is 10.3. The minimum absolute atomic E-state index is 0.0597. The molecular formula is C14H12BrClN2O2S. The minimum Gasteiger partial charge on any atom is -0.262 e. The highest BCUT2D eigenvalue weighted by atomic mass is 79.9. The molecule has 0 aliphatic carbocycles. The van der Waals surface area contributed by atoms with Gasteiger partial charge in [0.25, 0.3) is 10.0 Å². The number of hydrogen-bond acceptors (Lipinski definition) is 3. The first kappa shape index (κ1) is 16.0. The third kappa shape index (κ3) is 3.45. The van der Waals surface area contributed by atoms with E-state index in [4.69, 9.17) is 11.6 Å². The van der Waals surface area contributed by atoms with Crippen LogP contribution in [-0.4, -0.2) is 19.9 Å². The summed E-state index contributed by atoms with van der Waals surface area (Å²) in [6.07, 6.45) is 2.77. The highest BCUT2D eigenvalue weighted by Crippen LogP contribution is 2.27. The Morgan fingerprint density at radius 1 is 1.33 bits per heavy atom. The second-order valence-corrected chi connectivity index (χ2v) is 7.18. The summed E-state index contributed by atoms with van der Waals surface area (Å²) in [7, 11) is -3.74. The van der Waals surface area contributed by atoms with E-state index in [0.717, 1.165) is 0 Å². The molecule has 1 heterocycles. The third-order valence-electron chi connectivity index (χ3n) is 2.70. The molecule has 0 saturated carbocycles. The SMILES string of the molecule is C=CCN(c1ccccc1)S(=O)(=O)c1cnc(Cl)c(Br)c1. The number of benzene rings is 1. The zero-order valence-electron chi connectivity index (χ0n) is 10.9. The molecule has 1 aromatic carbocycles. The maximum Gasteiger partial charge on any atom is 0.266 e. The van der Waals surface area contributed by atoms with Gasteiger partial charge in [-0.05, 0) is 34.1 Å². The molecule has 0 fully saturated rings. The molecule has 4 nitrogen and oxygen atoms in total. The van der Waals surface area contributed by atoms with Crippen molar-refractivity contribution in [3.05, 3.63) is 64.9 Å². The van der Waals surface area contributed by atoms with E-state index in [1.165, 1.54) is 22.6 Å². The van der Waals surface area contributed by atoms with Crippen LogP contribution in [-0.2, 0) is 10.0 Å². The molecule has 0 amide bonds. The molecule has 7 heteroatoms. The van der Waals surface area contributed by atoms with Crippen molar-refractivity contribution in [2.24, 2.45) is 0 Å². The predicted octanol–water partition coefficient (Wildman–Crippen LogP) is 3.88. The molecule has 0 unspecified atom stereocenters. The summed E-state index contributed by atoms with van der Waals surface area (Å²) in [6, 6.07) is 10.2. The summed E-state index contributed by atoms with van der Waals surface area (Å²) in [5, 5.41) is 0.212. The summed E-state index contributed by atoms with van der Waals surface area (Å²) in [6.45, 7) is 3.77. The fourth-order valence-corrected chi connectivity index (χ4v) is 3.74. The molecule has 0 spiro atoms. The summed E-state index contributed by atoms with van der Waals surface area (Å²) < 4.78 is 27.2. The molecule has 0 aliphatic rings. The molecule has 2 rings (SSSR count). The fraction of sp³-hybridized carbons (Fsp3) is 0.0714. The van der Waals surface area contributed by atoms with E-state index in [1.54, 1.807) is 24.3 Å². The van der Waals surface area contributed by atoms with Crippen molar-refractivity contribution in [2.45, 2.75) is 4.90 Å². The van der Waals surface area contributed by atoms with E-state index in [9.17, 15) is 8.42 Å². The van der Waals surface area contributed by atoms with Gasteiger partial charge < -0.3 is 0 Å². The first-order valence-electron chi connectivity index (χ1n) is 5.96. The van der Waals surface area contributed by atoms with Crippen LogP contribution in [0.15, 0.2) is 64.6 Å². The Hall–Kier alpha value is -1.37. The van der Waals surface area contributed by atoms with Gasteiger partial charge in [-0.3, -0.25) is 4.31 Å². The molecule has 0 radical (unpaired) electrons. The standard InChI is InChI=1S/C14H12BrClN2O2S/c1-2-8-18(11-6-4-3-5-7-11)21(19,20)12-9-13(15)14(16)17-10-12/h2-7,9-10H,1,8H2. The van der Waals surface area contributed by atoms with Crippen LogP contribution in [0.3, 0.4) is 0 Å². The molecule has 2 aromatic rings. The molecule has 0 atom stereocenters. The molecule has 0 N–H and O–H groups in total. The third-order valence-corrected chi connectivity index (χ3v) is 5.59. The van der Waals surface area contributed by atoms with Gasteiger partial charge in [0.05, 0.1) is 16.7 Å². The summed E-state index contributed by atoms with van der Waals surface area (Å²) in [4.78, 5) is 3.93. The van der Waals surface area contributed by atoms with Crippen molar-refractivity contribution >= 4 is 43.2 Å². The Morgan fingerprint density at radius 2 is 2.00 bits per heavy atom. The second-order valence-electron chi connectivity index (χ2n) is 4.10. The van der Waals surface area contributed by atoms with Gasteiger partial charge in [-0.1, -0.05) is 35.9 Å². The lowest BCUT2D eigenvalue weighted by Crippen LogP contribution is -2.31. The highest BCUT2D eigenvalue weighted by Gasteiger charge is 2.25. The number of nitrogens with zero attached hydrogens (tertiary/aromatic N) is 2. The van der Waals surface area contributed by atoms with Crippen LogP contribution >= 0.6 is 27.5 Å². The van der Waals surface area contributed by atoms with Crippen LogP contribution in [0, 0.1) is 0 Å². The summed E-state index contributed by atoms with van der Waals surface area (Å²) in [5.74, 6) is 0. The van der Waals surface area contributed by atoms with E-state index >= 15 is 0 Å². The number of anilines is 1. The zero-order chi connectivity index (χ0) is 15.5. The molecule has 21 heavy (non-hydrogen) atoms. The molecule has 1 aromatic heterocycles. The second kappa shape index (κ2) is 6.60. The van der Waals surface area contributed by atoms with Crippen LogP contribution in [0.2, 0.25) is 5.15 Å². The Balaban J connectivity index is 2.52. The van der Waals surface area contributed by atoms with Crippen molar-refractivity contribution in [2.75, 3.05) is 10.8 Å². The van der Waals surface area contributed by atoms with Crippen LogP contribution in [0.4, 0.5) is 5.69 Å². The molecule has 110 valence electrons. The lowest BCUT2D eigenvalue weighted by Gasteiger charge is -2.23. The van der Waals surface area contributed by atoms with E-state index in [0.29, 0.717) is 10.2 Å². The molecule has 0 bridgehead atoms. The van der Waals surface area contributed by atoms with Crippen molar-refractivity contribution in [3.63, 3.8) is 0 Å². The number of hydrogen-bond donors (Lipinski definition) is 0. The highest BCUT2D eigenvalue weighted by molar-refractivity contribution is 9.10. The molecular weight excluding hydrogens is 376 g/mol.